The second-order valence-corrected chi connectivity index (χ2v) is 9.00. The maximum Gasteiger partial charge on any atom is 0.222 e. The van der Waals surface area contributed by atoms with Crippen LogP contribution in [0.5, 0.6) is 0 Å². The van der Waals surface area contributed by atoms with Crippen molar-refractivity contribution in [3.8, 4) is 0 Å². The van der Waals surface area contributed by atoms with Crippen LogP contribution >= 0.6 is 0 Å². The van der Waals surface area contributed by atoms with Crippen molar-refractivity contribution in [3.63, 3.8) is 0 Å². The number of nitrogens with zero attached hydrogens (tertiary/aromatic N) is 2. The monoisotopic (exact) mass is 430 g/mol. The third-order valence-electron chi connectivity index (χ3n) is 6.93. The number of carbonyl (C=O) groups is 1. The Kier molecular flexibility index (Phi) is 7.25. The average molecular weight is 431 g/mol. The van der Waals surface area contributed by atoms with Gasteiger partial charge in [-0.1, -0.05) is 36.4 Å². The van der Waals surface area contributed by atoms with Crippen molar-refractivity contribution in [1.29, 1.82) is 5.41 Å². The second-order valence-electron chi connectivity index (χ2n) is 9.00. The maximum atomic E-state index is 12.6. The molecule has 0 saturated carbocycles. The molecule has 2 heterocycles. The summed E-state index contributed by atoms with van der Waals surface area (Å²) in [4.78, 5) is 17.1. The first kappa shape index (κ1) is 22.1. The highest BCUT2D eigenvalue weighted by atomic mass is 16.2. The smallest absolute Gasteiger partial charge is 0.222 e. The Labute approximate surface area is 191 Å². The standard InChI is InChI=1S/C27H34N4O/c28-18-25(19-29)23-9-10-26-24(17-23)13-16-31(26)20-22-11-14-30(15-12-22)27(32)8-4-7-21-5-2-1-3-6-21/h1-3,5-6,9,13,16-19,22,26,28H,4,7-8,10-12,14-15,20,29H2/b25-19+,28-18?. The summed E-state index contributed by atoms with van der Waals surface area (Å²) in [6.07, 6.45) is 17.2. The number of benzene rings is 1. The van der Waals surface area contributed by atoms with Crippen molar-refractivity contribution in [3.05, 3.63) is 83.2 Å². The maximum absolute atomic E-state index is 12.6. The highest BCUT2D eigenvalue weighted by Crippen LogP contribution is 2.32. The first-order valence-electron chi connectivity index (χ1n) is 11.8. The number of fused-ring (bicyclic) bond motifs is 1. The number of allylic oxidation sites excluding steroid dienone is 3. The largest absolute Gasteiger partial charge is 0.404 e. The lowest BCUT2D eigenvalue weighted by Crippen LogP contribution is -2.42. The molecule has 1 aromatic carbocycles. The van der Waals surface area contributed by atoms with Gasteiger partial charge in [0.1, 0.15) is 0 Å². The lowest BCUT2D eigenvalue weighted by Gasteiger charge is -2.36. The molecule has 2 aliphatic heterocycles. The summed E-state index contributed by atoms with van der Waals surface area (Å²) in [5.74, 6) is 0.935. The Morgan fingerprint density at radius 2 is 1.97 bits per heavy atom. The van der Waals surface area contributed by atoms with E-state index in [4.69, 9.17) is 11.1 Å². The van der Waals surface area contributed by atoms with Crippen LogP contribution in [0.25, 0.3) is 0 Å². The van der Waals surface area contributed by atoms with E-state index in [9.17, 15) is 4.79 Å². The SMILES string of the molecule is N=C/C(=C\N)C1=CCC2C(=C1)C=CN2CC1CCN(C(=O)CCCc2ccccc2)CC1. The van der Waals surface area contributed by atoms with Gasteiger partial charge in [-0.3, -0.25) is 4.79 Å². The lowest BCUT2D eigenvalue weighted by atomic mass is 9.91. The minimum absolute atomic E-state index is 0.311. The fourth-order valence-corrected chi connectivity index (χ4v) is 5.01. The van der Waals surface area contributed by atoms with Crippen LogP contribution in [0.1, 0.15) is 37.7 Å². The van der Waals surface area contributed by atoms with Gasteiger partial charge >= 0.3 is 0 Å². The van der Waals surface area contributed by atoms with Gasteiger partial charge in [0.15, 0.2) is 0 Å². The van der Waals surface area contributed by atoms with Gasteiger partial charge in [0.25, 0.3) is 0 Å². The molecule has 32 heavy (non-hydrogen) atoms. The summed E-state index contributed by atoms with van der Waals surface area (Å²) in [7, 11) is 0. The first-order valence-corrected chi connectivity index (χ1v) is 11.8. The molecule has 5 heteroatoms. The first-order chi connectivity index (χ1) is 15.7. The number of aryl methyl sites for hydroxylation is 1. The van der Waals surface area contributed by atoms with Gasteiger partial charge in [-0.05, 0) is 73.1 Å². The molecule has 5 nitrogen and oxygen atoms in total. The molecule has 168 valence electrons. The van der Waals surface area contributed by atoms with Crippen molar-refractivity contribution in [2.75, 3.05) is 19.6 Å². The van der Waals surface area contributed by atoms with Gasteiger partial charge < -0.3 is 20.9 Å². The summed E-state index contributed by atoms with van der Waals surface area (Å²) < 4.78 is 0. The van der Waals surface area contributed by atoms with Gasteiger partial charge in [0.2, 0.25) is 5.91 Å². The second kappa shape index (κ2) is 10.5. The van der Waals surface area contributed by atoms with Gasteiger partial charge in [-0.25, -0.2) is 0 Å². The number of rotatable bonds is 8. The molecule has 3 N–H and O–H groups in total. The number of nitrogens with one attached hydrogen (secondary N) is 1. The summed E-state index contributed by atoms with van der Waals surface area (Å²) in [6, 6.07) is 10.8. The van der Waals surface area contributed by atoms with Gasteiger partial charge in [0.05, 0.1) is 6.04 Å². The van der Waals surface area contributed by atoms with Gasteiger partial charge in [-0.2, -0.15) is 0 Å². The van der Waals surface area contributed by atoms with E-state index in [2.05, 4.69) is 58.5 Å². The minimum Gasteiger partial charge on any atom is -0.404 e. The Balaban J connectivity index is 1.20. The van der Waals surface area contributed by atoms with E-state index in [1.165, 1.54) is 23.6 Å². The fraction of sp³-hybridized carbons (Fsp3) is 0.407. The van der Waals surface area contributed by atoms with E-state index in [1.807, 2.05) is 6.07 Å². The van der Waals surface area contributed by atoms with E-state index in [0.717, 1.165) is 62.9 Å². The van der Waals surface area contributed by atoms with Crippen LogP contribution in [0.2, 0.25) is 0 Å². The molecule has 0 aromatic heterocycles. The zero-order chi connectivity index (χ0) is 22.3. The predicted octanol–water partition coefficient (Wildman–Crippen LogP) is 4.19. The molecular weight excluding hydrogens is 396 g/mol. The van der Waals surface area contributed by atoms with Gasteiger partial charge in [0, 0.05) is 44.0 Å². The van der Waals surface area contributed by atoms with E-state index >= 15 is 0 Å². The lowest BCUT2D eigenvalue weighted by molar-refractivity contribution is -0.132. The van der Waals surface area contributed by atoms with Crippen molar-refractivity contribution < 1.29 is 4.79 Å². The zero-order valence-corrected chi connectivity index (χ0v) is 18.7. The number of amides is 1. The highest BCUT2D eigenvalue weighted by molar-refractivity contribution is 5.84. The molecule has 4 rings (SSSR count). The predicted molar refractivity (Wildman–Crippen MR) is 130 cm³/mol. The average Bonchev–Trinajstić information content (AvgIpc) is 3.23. The zero-order valence-electron chi connectivity index (χ0n) is 18.7. The molecular formula is C27H34N4O. The number of hydrogen-bond acceptors (Lipinski definition) is 4. The summed E-state index contributed by atoms with van der Waals surface area (Å²) >= 11 is 0. The van der Waals surface area contributed by atoms with Crippen LogP contribution in [0.15, 0.2) is 77.7 Å². The van der Waals surface area contributed by atoms with Crippen LogP contribution in [0.4, 0.5) is 0 Å². The highest BCUT2D eigenvalue weighted by Gasteiger charge is 2.30. The molecule has 1 unspecified atom stereocenters. The van der Waals surface area contributed by atoms with E-state index in [0.29, 0.717) is 24.3 Å². The molecule has 0 spiro atoms. The minimum atomic E-state index is 0.311. The topological polar surface area (TPSA) is 73.4 Å². The fourth-order valence-electron chi connectivity index (χ4n) is 5.01. The molecule has 3 aliphatic rings. The Morgan fingerprint density at radius 3 is 2.69 bits per heavy atom. The Bertz CT molecular complexity index is 936. The Hall–Kier alpha value is -3.08. The van der Waals surface area contributed by atoms with Crippen molar-refractivity contribution in [1.82, 2.24) is 9.80 Å². The molecule has 1 aliphatic carbocycles. The summed E-state index contributed by atoms with van der Waals surface area (Å²) in [5, 5.41) is 7.52. The third-order valence-corrected chi connectivity index (χ3v) is 6.93. The van der Waals surface area contributed by atoms with Crippen LogP contribution in [0, 0.1) is 11.3 Å². The van der Waals surface area contributed by atoms with Crippen LogP contribution in [-0.4, -0.2) is 47.6 Å². The molecule has 0 radical (unpaired) electrons. The van der Waals surface area contributed by atoms with Gasteiger partial charge in [-0.15, -0.1) is 0 Å². The molecule has 1 fully saturated rings. The quantitative estimate of drug-likeness (QED) is 0.607. The normalized spacial score (nSPS) is 21.2. The molecule has 1 aromatic rings. The molecule has 1 amide bonds. The number of piperidine rings is 1. The number of hydrogen-bond donors (Lipinski definition) is 2. The van der Waals surface area contributed by atoms with Crippen LogP contribution in [0.3, 0.4) is 0 Å². The van der Waals surface area contributed by atoms with Crippen molar-refractivity contribution in [2.24, 2.45) is 11.7 Å². The van der Waals surface area contributed by atoms with Crippen molar-refractivity contribution in [2.45, 2.75) is 44.6 Å². The number of likely N-dealkylation sites (tertiary alicyclic amines) is 1. The molecule has 1 atom stereocenters. The van der Waals surface area contributed by atoms with Crippen LogP contribution < -0.4 is 5.73 Å². The van der Waals surface area contributed by atoms with E-state index in [-0.39, 0.29) is 0 Å². The van der Waals surface area contributed by atoms with Crippen LogP contribution in [-0.2, 0) is 11.2 Å². The Morgan fingerprint density at radius 1 is 1.19 bits per heavy atom. The summed E-state index contributed by atoms with van der Waals surface area (Å²) in [5.41, 5.74) is 10.1. The van der Waals surface area contributed by atoms with E-state index in [1.54, 1.807) is 0 Å². The molecule has 1 saturated heterocycles. The molecule has 0 bridgehead atoms. The number of carbonyl (C=O) groups excluding carboxylic acids is 1. The third kappa shape index (κ3) is 5.21. The summed E-state index contributed by atoms with van der Waals surface area (Å²) in [6.45, 7) is 2.81. The van der Waals surface area contributed by atoms with Crippen molar-refractivity contribution >= 4 is 12.1 Å². The number of nitrogens with two attached hydrogens (primary N) is 1. The van der Waals surface area contributed by atoms with E-state index < -0.39 is 0 Å².